The fourth-order valence-corrected chi connectivity index (χ4v) is 2.83. The highest BCUT2D eigenvalue weighted by Crippen LogP contribution is 2.16. The number of ether oxygens (including phenoxy) is 1. The Labute approximate surface area is 140 Å². The van der Waals surface area contributed by atoms with Gasteiger partial charge in [0, 0.05) is 37.2 Å². The molecule has 0 spiro atoms. The number of aromatic nitrogens is 4. The van der Waals surface area contributed by atoms with Crippen LogP contribution in [-0.4, -0.2) is 56.5 Å². The van der Waals surface area contributed by atoms with E-state index in [0.29, 0.717) is 31.5 Å². The highest BCUT2D eigenvalue weighted by Gasteiger charge is 2.27. The summed E-state index contributed by atoms with van der Waals surface area (Å²) in [4.78, 5) is 23.0. The summed E-state index contributed by atoms with van der Waals surface area (Å²) < 4.78 is 7.11. The maximum absolute atomic E-state index is 12.5. The second-order valence-corrected chi connectivity index (χ2v) is 5.82. The molecule has 0 aliphatic carbocycles. The van der Waals surface area contributed by atoms with E-state index in [0.717, 1.165) is 17.8 Å². The van der Waals surface area contributed by atoms with E-state index in [2.05, 4.69) is 20.4 Å². The van der Waals surface area contributed by atoms with Crippen LogP contribution in [0.25, 0.3) is 5.95 Å². The minimum Gasteiger partial charge on any atom is -0.377 e. The van der Waals surface area contributed by atoms with Gasteiger partial charge in [0.15, 0.2) is 0 Å². The lowest BCUT2D eigenvalue weighted by Crippen LogP contribution is -2.34. The van der Waals surface area contributed by atoms with E-state index in [4.69, 9.17) is 4.74 Å². The molecule has 3 heterocycles. The van der Waals surface area contributed by atoms with E-state index in [1.54, 1.807) is 17.2 Å². The summed E-state index contributed by atoms with van der Waals surface area (Å²) in [5.41, 5.74) is 1.70. The Morgan fingerprint density at radius 3 is 2.83 bits per heavy atom. The van der Waals surface area contributed by atoms with Gasteiger partial charge in [0.05, 0.1) is 12.3 Å². The number of anilines is 1. The number of urea groups is 1. The van der Waals surface area contributed by atoms with Gasteiger partial charge in [0.2, 0.25) is 0 Å². The molecule has 2 amide bonds. The van der Waals surface area contributed by atoms with Gasteiger partial charge < -0.3 is 9.64 Å². The van der Waals surface area contributed by atoms with Gasteiger partial charge in [-0.1, -0.05) is 0 Å². The molecule has 0 aromatic carbocycles. The Kier molecular flexibility index (Phi) is 4.75. The zero-order valence-corrected chi connectivity index (χ0v) is 14.2. The first-order chi connectivity index (χ1) is 11.6. The van der Waals surface area contributed by atoms with Crippen molar-refractivity contribution in [1.82, 2.24) is 24.6 Å². The number of nitrogens with zero attached hydrogens (tertiary/aromatic N) is 5. The van der Waals surface area contributed by atoms with Crippen molar-refractivity contribution in [3.63, 3.8) is 0 Å². The molecule has 1 aliphatic heterocycles. The summed E-state index contributed by atoms with van der Waals surface area (Å²) >= 11 is 0. The molecule has 0 bridgehead atoms. The second kappa shape index (κ2) is 6.96. The highest BCUT2D eigenvalue weighted by molar-refractivity contribution is 5.88. The average Bonchev–Trinajstić information content (AvgIpc) is 3.16. The Morgan fingerprint density at radius 2 is 2.12 bits per heavy atom. The lowest BCUT2D eigenvalue weighted by Gasteiger charge is -2.17. The summed E-state index contributed by atoms with van der Waals surface area (Å²) in [5, 5.41) is 7.11. The van der Waals surface area contributed by atoms with E-state index in [-0.39, 0.29) is 12.1 Å². The van der Waals surface area contributed by atoms with Gasteiger partial charge in [-0.3, -0.25) is 5.32 Å². The van der Waals surface area contributed by atoms with Crippen LogP contribution in [0.3, 0.4) is 0 Å². The van der Waals surface area contributed by atoms with Gasteiger partial charge in [0.25, 0.3) is 5.95 Å². The Morgan fingerprint density at radius 1 is 1.38 bits per heavy atom. The quantitative estimate of drug-likeness (QED) is 0.926. The second-order valence-electron chi connectivity index (χ2n) is 5.82. The zero-order chi connectivity index (χ0) is 17.1. The van der Waals surface area contributed by atoms with Crippen LogP contribution in [0, 0.1) is 13.8 Å². The number of nitrogens with one attached hydrogen (secondary N) is 1. The topological polar surface area (TPSA) is 85.2 Å². The van der Waals surface area contributed by atoms with Crippen LogP contribution in [-0.2, 0) is 4.74 Å². The summed E-state index contributed by atoms with van der Waals surface area (Å²) in [6, 6.07) is 3.46. The zero-order valence-electron chi connectivity index (χ0n) is 14.2. The first kappa shape index (κ1) is 16.4. The van der Waals surface area contributed by atoms with Crippen LogP contribution < -0.4 is 5.32 Å². The number of hydrogen-bond donors (Lipinski definition) is 1. The molecule has 0 radical (unpaired) electrons. The van der Waals surface area contributed by atoms with Crippen molar-refractivity contribution in [2.75, 3.05) is 25.0 Å². The lowest BCUT2D eigenvalue weighted by atomic mass is 10.3. The first-order valence-corrected chi connectivity index (χ1v) is 8.11. The molecule has 1 fully saturated rings. The van der Waals surface area contributed by atoms with Gasteiger partial charge in [-0.05, 0) is 33.3 Å². The van der Waals surface area contributed by atoms with Crippen molar-refractivity contribution < 1.29 is 9.53 Å². The van der Waals surface area contributed by atoms with Crippen LogP contribution in [0.1, 0.15) is 24.7 Å². The smallest absolute Gasteiger partial charge is 0.323 e. The van der Waals surface area contributed by atoms with Gasteiger partial charge in [-0.25, -0.2) is 14.8 Å². The predicted molar refractivity (Wildman–Crippen MR) is 89.3 cm³/mol. The van der Waals surface area contributed by atoms with Crippen molar-refractivity contribution in [3.8, 4) is 5.95 Å². The lowest BCUT2D eigenvalue weighted by molar-refractivity contribution is 0.0716. The Hall–Kier alpha value is -2.48. The highest BCUT2D eigenvalue weighted by atomic mass is 16.5. The number of hydrogen-bond acceptors (Lipinski definition) is 5. The van der Waals surface area contributed by atoms with Crippen LogP contribution in [0.4, 0.5) is 10.6 Å². The van der Waals surface area contributed by atoms with Crippen LogP contribution in [0.15, 0.2) is 18.3 Å². The fraction of sp³-hybridized carbons (Fsp3) is 0.500. The van der Waals surface area contributed by atoms with Crippen molar-refractivity contribution in [2.24, 2.45) is 0 Å². The molecule has 3 rings (SSSR count). The third kappa shape index (κ3) is 3.53. The molecule has 8 heteroatoms. The van der Waals surface area contributed by atoms with Gasteiger partial charge in [0.1, 0.15) is 5.82 Å². The third-order valence-corrected chi connectivity index (χ3v) is 3.87. The molecular weight excluding hydrogens is 308 g/mol. The van der Waals surface area contributed by atoms with E-state index in [1.807, 2.05) is 26.8 Å². The van der Waals surface area contributed by atoms with Gasteiger partial charge >= 0.3 is 6.03 Å². The Balaban J connectivity index is 1.73. The SMILES string of the molecule is CCO[C@H]1CCN(C(=O)Nc2ccnn2-c2nc(C)cc(C)n2)C1. The first-order valence-electron chi connectivity index (χ1n) is 8.11. The van der Waals surface area contributed by atoms with Gasteiger partial charge in [-0.2, -0.15) is 9.78 Å². The standard InChI is InChI=1S/C16H22N6O2/c1-4-24-13-6-8-21(10-13)16(23)20-14-5-7-17-22(14)15-18-11(2)9-12(3)19-15/h5,7,9,13H,4,6,8,10H2,1-3H3,(H,20,23)/t13-/m0/s1. The maximum Gasteiger partial charge on any atom is 0.323 e. The van der Waals surface area contributed by atoms with Crippen molar-refractivity contribution in [2.45, 2.75) is 33.3 Å². The van der Waals surface area contributed by atoms with Crippen molar-refractivity contribution in [3.05, 3.63) is 29.7 Å². The summed E-state index contributed by atoms with van der Waals surface area (Å²) in [6.07, 6.45) is 2.60. The molecule has 1 saturated heterocycles. The predicted octanol–water partition coefficient (Wildman–Crippen LogP) is 1.92. The number of carbonyl (C=O) groups is 1. The van der Waals surface area contributed by atoms with Crippen molar-refractivity contribution >= 4 is 11.8 Å². The molecule has 1 aliphatic rings. The number of rotatable bonds is 4. The molecule has 1 atom stereocenters. The van der Waals surface area contributed by atoms with E-state index >= 15 is 0 Å². The molecule has 1 N–H and O–H groups in total. The molecule has 0 saturated carbocycles. The number of likely N-dealkylation sites (tertiary alicyclic amines) is 1. The number of carbonyl (C=O) groups excluding carboxylic acids is 1. The van der Waals surface area contributed by atoms with Crippen LogP contribution in [0.2, 0.25) is 0 Å². The van der Waals surface area contributed by atoms with E-state index in [1.165, 1.54) is 4.68 Å². The normalized spacial score (nSPS) is 17.3. The molecule has 0 unspecified atom stereocenters. The molecular formula is C16H22N6O2. The third-order valence-electron chi connectivity index (χ3n) is 3.87. The van der Waals surface area contributed by atoms with Crippen molar-refractivity contribution in [1.29, 1.82) is 0 Å². The number of amides is 2. The number of aryl methyl sites for hydroxylation is 2. The largest absolute Gasteiger partial charge is 0.377 e. The average molecular weight is 330 g/mol. The molecule has 24 heavy (non-hydrogen) atoms. The minimum atomic E-state index is -0.164. The van der Waals surface area contributed by atoms with Crippen LogP contribution in [0.5, 0.6) is 0 Å². The van der Waals surface area contributed by atoms with Crippen LogP contribution >= 0.6 is 0 Å². The Bertz CT molecular complexity index is 709. The molecule has 128 valence electrons. The molecule has 2 aromatic heterocycles. The summed E-state index contributed by atoms with van der Waals surface area (Å²) in [5.74, 6) is 0.992. The van der Waals surface area contributed by atoms with E-state index in [9.17, 15) is 4.79 Å². The summed E-state index contributed by atoms with van der Waals surface area (Å²) in [6.45, 7) is 7.72. The summed E-state index contributed by atoms with van der Waals surface area (Å²) in [7, 11) is 0. The maximum atomic E-state index is 12.5. The monoisotopic (exact) mass is 330 g/mol. The molecule has 8 nitrogen and oxygen atoms in total. The minimum absolute atomic E-state index is 0.119. The van der Waals surface area contributed by atoms with E-state index < -0.39 is 0 Å². The van der Waals surface area contributed by atoms with Gasteiger partial charge in [-0.15, -0.1) is 0 Å². The molecule has 2 aromatic rings. The fourth-order valence-electron chi connectivity index (χ4n) is 2.83.